The first-order valence-corrected chi connectivity index (χ1v) is 11.3. The van der Waals surface area contributed by atoms with Crippen LogP contribution in [0.5, 0.6) is 0 Å². The molecule has 6 nitrogen and oxygen atoms in total. The molecule has 8 heteroatoms. The van der Waals surface area contributed by atoms with Crippen LogP contribution in [-0.2, 0) is 14.3 Å². The van der Waals surface area contributed by atoms with E-state index in [0.717, 1.165) is 40.3 Å². The van der Waals surface area contributed by atoms with Gasteiger partial charge in [0.15, 0.2) is 6.61 Å². The number of carbonyl (C=O) groups excluding carboxylic acids is 2. The largest absolute Gasteiger partial charge is 0.455 e. The van der Waals surface area contributed by atoms with Gasteiger partial charge < -0.3 is 9.64 Å². The molecule has 1 fully saturated rings. The zero-order chi connectivity index (χ0) is 20.4. The lowest BCUT2D eigenvalue weighted by Crippen LogP contribution is -2.44. The minimum absolute atomic E-state index is 0.110. The van der Waals surface area contributed by atoms with E-state index in [2.05, 4.69) is 37.7 Å². The number of nitrogens with zero attached hydrogens (tertiary/aromatic N) is 3. The van der Waals surface area contributed by atoms with Crippen molar-refractivity contribution >= 4 is 45.2 Å². The predicted octanol–water partition coefficient (Wildman–Crippen LogP) is 3.76. The SMILES string of the molecule is Cc1nc(SCC(=O)OCC(=O)N2C[C@H](C)C[C@H](C)C2)c2c(C)c(C)sc2n1. The van der Waals surface area contributed by atoms with Gasteiger partial charge in [-0.25, -0.2) is 9.97 Å². The first-order chi connectivity index (χ1) is 13.2. The third kappa shape index (κ3) is 4.84. The van der Waals surface area contributed by atoms with Gasteiger partial charge in [0.05, 0.1) is 5.75 Å². The van der Waals surface area contributed by atoms with Crippen molar-refractivity contribution in [2.24, 2.45) is 11.8 Å². The second-order valence-electron chi connectivity index (χ2n) is 7.73. The highest BCUT2D eigenvalue weighted by atomic mass is 32.2. The smallest absolute Gasteiger partial charge is 0.316 e. The van der Waals surface area contributed by atoms with Gasteiger partial charge in [0.2, 0.25) is 0 Å². The van der Waals surface area contributed by atoms with Crippen LogP contribution in [0.25, 0.3) is 10.2 Å². The van der Waals surface area contributed by atoms with Gasteiger partial charge in [-0.05, 0) is 44.6 Å². The second kappa shape index (κ2) is 8.78. The summed E-state index contributed by atoms with van der Waals surface area (Å²) >= 11 is 2.98. The lowest BCUT2D eigenvalue weighted by molar-refractivity contribution is -0.151. The fourth-order valence-corrected chi connectivity index (χ4v) is 5.76. The molecule has 0 aliphatic carbocycles. The Kier molecular flexibility index (Phi) is 6.60. The first-order valence-electron chi connectivity index (χ1n) is 9.55. The molecular formula is C20H27N3O3S2. The van der Waals surface area contributed by atoms with E-state index >= 15 is 0 Å². The number of ether oxygens (including phenoxy) is 1. The lowest BCUT2D eigenvalue weighted by atomic mass is 9.92. The Morgan fingerprint density at radius 2 is 1.86 bits per heavy atom. The average molecular weight is 422 g/mol. The Bertz CT molecular complexity index is 886. The Morgan fingerprint density at radius 3 is 2.54 bits per heavy atom. The van der Waals surface area contributed by atoms with Crippen LogP contribution in [-0.4, -0.2) is 52.2 Å². The van der Waals surface area contributed by atoms with Crippen molar-refractivity contribution in [3.63, 3.8) is 0 Å². The lowest BCUT2D eigenvalue weighted by Gasteiger charge is -2.34. The number of thiophene rings is 1. The Labute approximate surface area is 174 Å². The van der Waals surface area contributed by atoms with E-state index in [1.165, 1.54) is 16.6 Å². The van der Waals surface area contributed by atoms with Crippen LogP contribution in [0.2, 0.25) is 0 Å². The summed E-state index contributed by atoms with van der Waals surface area (Å²) < 4.78 is 5.24. The van der Waals surface area contributed by atoms with Gasteiger partial charge in [-0.15, -0.1) is 11.3 Å². The van der Waals surface area contributed by atoms with E-state index in [1.807, 2.05) is 11.8 Å². The van der Waals surface area contributed by atoms with Gasteiger partial charge in [0.1, 0.15) is 15.7 Å². The van der Waals surface area contributed by atoms with Crippen LogP contribution in [0.1, 0.15) is 36.5 Å². The number of esters is 1. The maximum atomic E-state index is 12.4. The van der Waals surface area contributed by atoms with Crippen molar-refractivity contribution < 1.29 is 14.3 Å². The highest BCUT2D eigenvalue weighted by Gasteiger charge is 2.26. The Balaban J connectivity index is 1.56. The second-order valence-corrected chi connectivity index (χ2v) is 9.90. The molecule has 0 unspecified atom stereocenters. The number of fused-ring (bicyclic) bond motifs is 1. The molecule has 2 aromatic rings. The third-order valence-electron chi connectivity index (χ3n) is 5.01. The summed E-state index contributed by atoms with van der Waals surface area (Å²) in [5.41, 5.74) is 1.15. The molecule has 3 heterocycles. The molecule has 1 amide bonds. The summed E-state index contributed by atoms with van der Waals surface area (Å²) in [6.07, 6.45) is 1.13. The molecule has 0 spiro atoms. The topological polar surface area (TPSA) is 72.4 Å². The van der Waals surface area contributed by atoms with Crippen molar-refractivity contribution in [1.82, 2.24) is 14.9 Å². The van der Waals surface area contributed by atoms with Crippen LogP contribution in [0, 0.1) is 32.6 Å². The summed E-state index contributed by atoms with van der Waals surface area (Å²) in [6, 6.07) is 0. The van der Waals surface area contributed by atoms with Crippen molar-refractivity contribution in [2.75, 3.05) is 25.4 Å². The van der Waals surface area contributed by atoms with Crippen LogP contribution >= 0.6 is 23.1 Å². The molecule has 152 valence electrons. The van der Waals surface area contributed by atoms with Crippen LogP contribution in [0.4, 0.5) is 0 Å². The summed E-state index contributed by atoms with van der Waals surface area (Å²) in [5.74, 6) is 1.28. The molecule has 1 aliphatic heterocycles. The van der Waals surface area contributed by atoms with Gasteiger partial charge in [-0.2, -0.15) is 0 Å². The van der Waals surface area contributed by atoms with Gasteiger partial charge in [0.25, 0.3) is 5.91 Å². The maximum absolute atomic E-state index is 12.4. The minimum Gasteiger partial charge on any atom is -0.455 e. The number of amides is 1. The monoisotopic (exact) mass is 421 g/mol. The van der Waals surface area contributed by atoms with E-state index in [-0.39, 0.29) is 18.3 Å². The van der Waals surface area contributed by atoms with Gasteiger partial charge in [-0.3, -0.25) is 9.59 Å². The first kappa shape index (κ1) is 21.0. The molecule has 0 N–H and O–H groups in total. The molecule has 0 bridgehead atoms. The average Bonchev–Trinajstić information content (AvgIpc) is 2.90. The fourth-order valence-electron chi connectivity index (χ4n) is 3.69. The molecule has 2 aromatic heterocycles. The normalized spacial score (nSPS) is 19.8. The molecule has 0 saturated carbocycles. The summed E-state index contributed by atoms with van der Waals surface area (Å²) in [7, 11) is 0. The van der Waals surface area contributed by atoms with E-state index in [4.69, 9.17) is 4.74 Å². The molecule has 28 heavy (non-hydrogen) atoms. The van der Waals surface area contributed by atoms with Gasteiger partial charge >= 0.3 is 5.97 Å². The molecule has 1 aliphatic rings. The number of carbonyl (C=O) groups is 2. The third-order valence-corrected chi connectivity index (χ3v) is 7.06. The van der Waals surface area contributed by atoms with E-state index in [1.54, 1.807) is 11.3 Å². The molecule has 2 atom stereocenters. The minimum atomic E-state index is -0.398. The maximum Gasteiger partial charge on any atom is 0.316 e. The number of piperidine rings is 1. The fraction of sp³-hybridized carbons (Fsp3) is 0.600. The summed E-state index contributed by atoms with van der Waals surface area (Å²) in [6.45, 7) is 11.6. The highest BCUT2D eigenvalue weighted by molar-refractivity contribution is 8.00. The number of hydrogen-bond donors (Lipinski definition) is 0. The Morgan fingerprint density at radius 1 is 1.18 bits per heavy atom. The molecular weight excluding hydrogens is 394 g/mol. The number of likely N-dealkylation sites (tertiary alicyclic amines) is 1. The van der Waals surface area contributed by atoms with Crippen molar-refractivity contribution in [3.8, 4) is 0 Å². The summed E-state index contributed by atoms with van der Waals surface area (Å²) in [4.78, 5) is 37.5. The quantitative estimate of drug-likeness (QED) is 0.416. The molecule has 0 radical (unpaired) electrons. The Hall–Kier alpha value is -1.67. The van der Waals surface area contributed by atoms with Crippen molar-refractivity contribution in [1.29, 1.82) is 0 Å². The van der Waals surface area contributed by atoms with Crippen LogP contribution in [0.3, 0.4) is 0 Å². The van der Waals surface area contributed by atoms with Crippen LogP contribution < -0.4 is 0 Å². The standard InChI is InChI=1S/C20H27N3O3S2/c1-11-6-12(2)8-23(7-11)16(24)9-26-17(25)10-27-19-18-13(3)14(4)28-20(18)22-15(5)21-19/h11-12H,6-10H2,1-5H3/t11-,12+. The van der Waals surface area contributed by atoms with Crippen LogP contribution in [0.15, 0.2) is 5.03 Å². The number of rotatable bonds is 5. The number of aromatic nitrogens is 2. The molecule has 0 aromatic carbocycles. The summed E-state index contributed by atoms with van der Waals surface area (Å²) in [5, 5.41) is 1.81. The molecule has 1 saturated heterocycles. The molecule has 3 rings (SSSR count). The van der Waals surface area contributed by atoms with Crippen molar-refractivity contribution in [2.45, 2.75) is 46.1 Å². The van der Waals surface area contributed by atoms with E-state index in [9.17, 15) is 9.59 Å². The van der Waals surface area contributed by atoms with E-state index in [0.29, 0.717) is 17.7 Å². The zero-order valence-electron chi connectivity index (χ0n) is 17.1. The van der Waals surface area contributed by atoms with Crippen molar-refractivity contribution in [3.05, 3.63) is 16.3 Å². The van der Waals surface area contributed by atoms with Gasteiger partial charge in [-0.1, -0.05) is 25.6 Å². The van der Waals surface area contributed by atoms with E-state index < -0.39 is 5.97 Å². The number of hydrogen-bond acceptors (Lipinski definition) is 7. The number of aryl methyl sites for hydroxylation is 3. The highest BCUT2D eigenvalue weighted by Crippen LogP contribution is 2.35. The van der Waals surface area contributed by atoms with Gasteiger partial charge in [0, 0.05) is 23.4 Å². The number of thioether (sulfide) groups is 1. The predicted molar refractivity (Wildman–Crippen MR) is 113 cm³/mol. The zero-order valence-corrected chi connectivity index (χ0v) is 18.7.